The predicted octanol–water partition coefficient (Wildman–Crippen LogP) is 3.56. The summed E-state index contributed by atoms with van der Waals surface area (Å²) in [6, 6.07) is 14.1. The summed E-state index contributed by atoms with van der Waals surface area (Å²) in [6.45, 7) is 7.47. The van der Waals surface area contributed by atoms with Crippen molar-refractivity contribution >= 4 is 22.6 Å². The fourth-order valence-electron chi connectivity index (χ4n) is 3.26. The van der Waals surface area contributed by atoms with Crippen molar-refractivity contribution in [3.05, 3.63) is 48.0 Å². The van der Waals surface area contributed by atoms with E-state index < -0.39 is 6.04 Å². The minimum Gasteiger partial charge on any atom is -0.354 e. The van der Waals surface area contributed by atoms with Crippen LogP contribution in [0.25, 0.3) is 10.8 Å². The van der Waals surface area contributed by atoms with E-state index in [2.05, 4.69) is 47.1 Å². The summed E-state index contributed by atoms with van der Waals surface area (Å²) >= 11 is 0. The summed E-state index contributed by atoms with van der Waals surface area (Å²) in [7, 11) is 0. The maximum absolute atomic E-state index is 12.8. The summed E-state index contributed by atoms with van der Waals surface area (Å²) in [4.78, 5) is 25.1. The Morgan fingerprint density at radius 3 is 2.45 bits per heavy atom. The summed E-state index contributed by atoms with van der Waals surface area (Å²) in [5.74, 6) is -0.216. The molecule has 0 bridgehead atoms. The number of fused-ring (bicyclic) bond motifs is 1. The van der Waals surface area contributed by atoms with Gasteiger partial charge in [-0.25, -0.2) is 0 Å². The van der Waals surface area contributed by atoms with Crippen molar-refractivity contribution in [1.29, 1.82) is 0 Å². The lowest BCUT2D eigenvalue weighted by Crippen LogP contribution is -2.48. The Hall–Kier alpha value is -2.40. The number of hydrogen-bond donors (Lipinski definition) is 3. The van der Waals surface area contributed by atoms with Gasteiger partial charge in [0.2, 0.25) is 11.8 Å². The lowest BCUT2D eigenvalue weighted by atomic mass is 10.0. The van der Waals surface area contributed by atoms with Gasteiger partial charge in [-0.3, -0.25) is 9.59 Å². The minimum absolute atomic E-state index is 0.104. The fourth-order valence-corrected chi connectivity index (χ4v) is 3.26. The van der Waals surface area contributed by atoms with Gasteiger partial charge in [-0.05, 0) is 22.8 Å². The monoisotopic (exact) mass is 397 g/mol. The van der Waals surface area contributed by atoms with Gasteiger partial charge in [-0.2, -0.15) is 0 Å². The third-order valence-electron chi connectivity index (χ3n) is 4.89. The van der Waals surface area contributed by atoms with Crippen molar-refractivity contribution in [1.82, 2.24) is 16.0 Å². The van der Waals surface area contributed by atoms with Crippen LogP contribution in [-0.2, 0) is 16.0 Å². The quantitative estimate of drug-likeness (QED) is 0.480. The molecule has 0 aliphatic carbocycles. The summed E-state index contributed by atoms with van der Waals surface area (Å²) in [6.07, 6.45) is 3.99. The molecule has 3 N–H and O–H groups in total. The Bertz CT molecular complexity index is 789. The van der Waals surface area contributed by atoms with E-state index in [0.717, 1.165) is 30.2 Å². The van der Waals surface area contributed by atoms with E-state index in [1.165, 1.54) is 5.39 Å². The highest BCUT2D eigenvalue weighted by Crippen LogP contribution is 2.17. The van der Waals surface area contributed by atoms with Gasteiger partial charge in [0.15, 0.2) is 0 Å². The van der Waals surface area contributed by atoms with E-state index >= 15 is 0 Å². The number of benzene rings is 2. The SMILES string of the molecule is CCCCCNC(=O)[C@@H](Cc1ccc2ccccc2c1)NC(=O)CCNC(C)C. The van der Waals surface area contributed by atoms with Gasteiger partial charge >= 0.3 is 0 Å². The standard InChI is InChI=1S/C24H35N3O2/c1-4-5-8-14-26-24(29)22(27-23(28)13-15-25-18(2)3)17-19-11-12-20-9-6-7-10-21(20)16-19/h6-7,9-12,16,18,22,25H,4-5,8,13-15,17H2,1-3H3,(H,26,29)(H,27,28)/t22-/m1/s1. The first-order chi connectivity index (χ1) is 14.0. The van der Waals surface area contributed by atoms with Gasteiger partial charge in [-0.15, -0.1) is 0 Å². The van der Waals surface area contributed by atoms with E-state index in [9.17, 15) is 9.59 Å². The molecule has 0 saturated carbocycles. The zero-order valence-corrected chi connectivity index (χ0v) is 18.0. The molecule has 0 radical (unpaired) electrons. The van der Waals surface area contributed by atoms with Crippen LogP contribution in [0.2, 0.25) is 0 Å². The van der Waals surface area contributed by atoms with Gasteiger partial charge in [0.25, 0.3) is 0 Å². The Kier molecular flexibility index (Phi) is 9.65. The number of amides is 2. The van der Waals surface area contributed by atoms with Crippen molar-refractivity contribution in [2.75, 3.05) is 13.1 Å². The maximum atomic E-state index is 12.8. The van der Waals surface area contributed by atoms with E-state index in [1.54, 1.807) is 0 Å². The summed E-state index contributed by atoms with van der Waals surface area (Å²) in [5, 5.41) is 11.5. The topological polar surface area (TPSA) is 70.2 Å². The summed E-state index contributed by atoms with van der Waals surface area (Å²) < 4.78 is 0. The molecule has 0 aliphatic heterocycles. The van der Waals surface area contributed by atoms with Gasteiger partial charge in [0.05, 0.1) is 0 Å². The molecule has 29 heavy (non-hydrogen) atoms. The molecule has 0 spiro atoms. The fraction of sp³-hybridized carbons (Fsp3) is 0.500. The van der Waals surface area contributed by atoms with Crippen molar-refractivity contribution in [2.24, 2.45) is 0 Å². The number of carbonyl (C=O) groups excluding carboxylic acids is 2. The van der Waals surface area contributed by atoms with Gasteiger partial charge in [-0.1, -0.05) is 76.1 Å². The molecule has 0 fully saturated rings. The molecule has 2 amide bonds. The smallest absolute Gasteiger partial charge is 0.242 e. The second-order valence-corrected chi connectivity index (χ2v) is 7.86. The van der Waals surface area contributed by atoms with Gasteiger partial charge in [0, 0.05) is 32.0 Å². The van der Waals surface area contributed by atoms with Crippen molar-refractivity contribution < 1.29 is 9.59 Å². The molecule has 0 aliphatic rings. The lowest BCUT2D eigenvalue weighted by molar-refractivity contribution is -0.129. The molecule has 0 aromatic heterocycles. The van der Waals surface area contributed by atoms with Crippen LogP contribution in [-0.4, -0.2) is 37.0 Å². The van der Waals surface area contributed by atoms with Crippen LogP contribution in [0.4, 0.5) is 0 Å². The Morgan fingerprint density at radius 1 is 0.966 bits per heavy atom. The first kappa shape index (κ1) is 22.9. The molecule has 0 heterocycles. The van der Waals surface area contributed by atoms with Crippen LogP contribution in [0.15, 0.2) is 42.5 Å². The number of nitrogens with one attached hydrogen (secondary N) is 3. The third-order valence-corrected chi connectivity index (χ3v) is 4.89. The molecule has 2 aromatic carbocycles. The molecular formula is C24H35N3O2. The first-order valence-electron chi connectivity index (χ1n) is 10.8. The second kappa shape index (κ2) is 12.2. The predicted molar refractivity (Wildman–Crippen MR) is 120 cm³/mol. The number of unbranched alkanes of at least 4 members (excludes halogenated alkanes) is 2. The number of carbonyl (C=O) groups is 2. The molecule has 0 unspecified atom stereocenters. The van der Waals surface area contributed by atoms with Gasteiger partial charge in [0.1, 0.15) is 6.04 Å². The van der Waals surface area contributed by atoms with E-state index in [-0.39, 0.29) is 11.8 Å². The molecule has 0 saturated heterocycles. The highest BCUT2D eigenvalue weighted by atomic mass is 16.2. The minimum atomic E-state index is -0.565. The highest BCUT2D eigenvalue weighted by Gasteiger charge is 2.21. The van der Waals surface area contributed by atoms with Gasteiger partial charge < -0.3 is 16.0 Å². The number of hydrogen-bond acceptors (Lipinski definition) is 3. The molecule has 5 heteroatoms. The molecule has 5 nitrogen and oxygen atoms in total. The Labute approximate surface area is 174 Å². The van der Waals surface area contributed by atoms with Crippen LogP contribution < -0.4 is 16.0 Å². The third kappa shape index (κ3) is 8.24. The van der Waals surface area contributed by atoms with Crippen molar-refractivity contribution in [3.8, 4) is 0 Å². The highest BCUT2D eigenvalue weighted by molar-refractivity contribution is 5.88. The second-order valence-electron chi connectivity index (χ2n) is 7.86. The van der Waals surface area contributed by atoms with E-state index in [1.807, 2.05) is 32.0 Å². The largest absolute Gasteiger partial charge is 0.354 e. The van der Waals surface area contributed by atoms with Crippen molar-refractivity contribution in [3.63, 3.8) is 0 Å². The molecular weight excluding hydrogens is 362 g/mol. The van der Waals surface area contributed by atoms with E-state index in [0.29, 0.717) is 32.0 Å². The molecule has 158 valence electrons. The van der Waals surface area contributed by atoms with Crippen LogP contribution in [0.5, 0.6) is 0 Å². The first-order valence-corrected chi connectivity index (χ1v) is 10.8. The zero-order valence-electron chi connectivity index (χ0n) is 18.0. The maximum Gasteiger partial charge on any atom is 0.242 e. The van der Waals surface area contributed by atoms with Crippen LogP contribution >= 0.6 is 0 Å². The van der Waals surface area contributed by atoms with Crippen molar-refractivity contribution in [2.45, 2.75) is 65.0 Å². The number of rotatable bonds is 12. The Balaban J connectivity index is 2.03. The Morgan fingerprint density at radius 2 is 1.72 bits per heavy atom. The summed E-state index contributed by atoms with van der Waals surface area (Å²) in [5.41, 5.74) is 1.04. The zero-order chi connectivity index (χ0) is 21.1. The molecule has 1 atom stereocenters. The molecule has 2 aromatic rings. The average Bonchev–Trinajstić information content (AvgIpc) is 2.70. The average molecular weight is 398 g/mol. The molecule has 2 rings (SSSR count). The van der Waals surface area contributed by atoms with Crippen LogP contribution in [0.1, 0.15) is 52.0 Å². The lowest BCUT2D eigenvalue weighted by Gasteiger charge is -2.19. The normalized spacial score (nSPS) is 12.1. The van der Waals surface area contributed by atoms with Crippen LogP contribution in [0, 0.1) is 0 Å². The van der Waals surface area contributed by atoms with E-state index in [4.69, 9.17) is 0 Å². The van der Waals surface area contributed by atoms with Crippen LogP contribution in [0.3, 0.4) is 0 Å².